The monoisotopic (exact) mass is 403 g/mol. The third-order valence-electron chi connectivity index (χ3n) is 4.32. The molecular formula is C23H18ClN3O2. The number of benzene rings is 3. The molecule has 144 valence electrons. The lowest BCUT2D eigenvalue weighted by atomic mass is 10.1. The molecule has 6 heteroatoms. The SMILES string of the molecule is O=C(CNc1ccc2ccccc2c1)NN=Cc1ccc(-c2cccc(Cl)c2)o1. The Morgan fingerprint density at radius 2 is 1.83 bits per heavy atom. The zero-order valence-corrected chi connectivity index (χ0v) is 16.2. The van der Waals surface area contributed by atoms with Crippen molar-refractivity contribution in [1.29, 1.82) is 0 Å². The third kappa shape index (κ3) is 4.83. The van der Waals surface area contributed by atoms with Gasteiger partial charge < -0.3 is 9.73 Å². The first-order valence-corrected chi connectivity index (χ1v) is 9.45. The van der Waals surface area contributed by atoms with Gasteiger partial charge >= 0.3 is 0 Å². The van der Waals surface area contributed by atoms with E-state index in [2.05, 4.69) is 15.8 Å². The minimum absolute atomic E-state index is 0.113. The first kappa shape index (κ1) is 18.8. The molecule has 3 aromatic carbocycles. The zero-order chi connectivity index (χ0) is 20.1. The van der Waals surface area contributed by atoms with E-state index in [1.807, 2.05) is 66.7 Å². The second-order valence-corrected chi connectivity index (χ2v) is 6.86. The van der Waals surface area contributed by atoms with Gasteiger partial charge in [0, 0.05) is 16.3 Å². The largest absolute Gasteiger partial charge is 0.455 e. The molecule has 0 atom stereocenters. The Morgan fingerprint density at radius 3 is 2.69 bits per heavy atom. The fourth-order valence-corrected chi connectivity index (χ4v) is 3.10. The van der Waals surface area contributed by atoms with E-state index in [0.717, 1.165) is 22.0 Å². The van der Waals surface area contributed by atoms with Crippen molar-refractivity contribution in [2.24, 2.45) is 5.10 Å². The maximum atomic E-state index is 12.0. The number of hydrazone groups is 1. The molecule has 0 aliphatic carbocycles. The fraction of sp³-hybridized carbons (Fsp3) is 0.0435. The summed E-state index contributed by atoms with van der Waals surface area (Å²) in [6.07, 6.45) is 1.46. The summed E-state index contributed by atoms with van der Waals surface area (Å²) in [5.41, 5.74) is 4.23. The van der Waals surface area contributed by atoms with Crippen LogP contribution in [0.2, 0.25) is 5.02 Å². The lowest BCUT2D eigenvalue weighted by Gasteiger charge is -2.06. The standard InChI is InChI=1S/C23H18ClN3O2/c24-19-7-3-6-18(12-19)22-11-10-21(29-22)14-26-27-23(28)15-25-20-9-8-16-4-1-2-5-17(16)13-20/h1-14,25H,15H2,(H,27,28). The van der Waals surface area contributed by atoms with Crippen molar-refractivity contribution in [2.45, 2.75) is 0 Å². The van der Waals surface area contributed by atoms with E-state index in [0.29, 0.717) is 16.5 Å². The number of amides is 1. The van der Waals surface area contributed by atoms with Crippen LogP contribution in [0.3, 0.4) is 0 Å². The van der Waals surface area contributed by atoms with Crippen LogP contribution in [0.5, 0.6) is 0 Å². The number of hydrogen-bond donors (Lipinski definition) is 2. The van der Waals surface area contributed by atoms with Crippen LogP contribution in [0.4, 0.5) is 5.69 Å². The molecule has 1 aromatic heterocycles. The molecule has 0 bridgehead atoms. The van der Waals surface area contributed by atoms with Crippen LogP contribution in [0.15, 0.2) is 88.4 Å². The van der Waals surface area contributed by atoms with E-state index in [-0.39, 0.29) is 12.5 Å². The number of carbonyl (C=O) groups is 1. The second-order valence-electron chi connectivity index (χ2n) is 6.42. The highest BCUT2D eigenvalue weighted by atomic mass is 35.5. The van der Waals surface area contributed by atoms with Gasteiger partial charge in [0.2, 0.25) is 0 Å². The van der Waals surface area contributed by atoms with Crippen LogP contribution >= 0.6 is 11.6 Å². The minimum atomic E-state index is -0.254. The van der Waals surface area contributed by atoms with Crippen molar-refractivity contribution < 1.29 is 9.21 Å². The quantitative estimate of drug-likeness (QED) is 0.338. The Hall–Kier alpha value is -3.57. The number of halogens is 1. The molecule has 29 heavy (non-hydrogen) atoms. The molecule has 0 fully saturated rings. The average molecular weight is 404 g/mol. The summed E-state index contributed by atoms with van der Waals surface area (Å²) >= 11 is 6.00. The average Bonchev–Trinajstić information content (AvgIpc) is 3.21. The highest BCUT2D eigenvalue weighted by Crippen LogP contribution is 2.24. The number of nitrogens with one attached hydrogen (secondary N) is 2. The van der Waals surface area contributed by atoms with E-state index >= 15 is 0 Å². The summed E-state index contributed by atoms with van der Waals surface area (Å²) in [5.74, 6) is 0.956. The molecule has 0 aliphatic rings. The Morgan fingerprint density at radius 1 is 0.966 bits per heavy atom. The molecular weight excluding hydrogens is 386 g/mol. The Balaban J connectivity index is 1.30. The number of anilines is 1. The summed E-state index contributed by atoms with van der Waals surface area (Å²) in [5, 5.41) is 9.95. The minimum Gasteiger partial charge on any atom is -0.455 e. The molecule has 2 N–H and O–H groups in total. The van der Waals surface area contributed by atoms with Crippen molar-refractivity contribution in [3.8, 4) is 11.3 Å². The highest BCUT2D eigenvalue weighted by Gasteiger charge is 2.05. The van der Waals surface area contributed by atoms with Crippen molar-refractivity contribution in [1.82, 2.24) is 5.43 Å². The lowest BCUT2D eigenvalue weighted by molar-refractivity contribution is -0.119. The lowest BCUT2D eigenvalue weighted by Crippen LogP contribution is -2.25. The molecule has 0 radical (unpaired) electrons. The molecule has 4 aromatic rings. The normalized spacial score (nSPS) is 11.1. The summed E-state index contributed by atoms with van der Waals surface area (Å²) in [7, 11) is 0. The van der Waals surface area contributed by atoms with Crippen molar-refractivity contribution in [2.75, 3.05) is 11.9 Å². The van der Waals surface area contributed by atoms with Crippen molar-refractivity contribution >= 4 is 40.2 Å². The van der Waals surface area contributed by atoms with E-state index in [1.54, 1.807) is 12.1 Å². The topological polar surface area (TPSA) is 66.6 Å². The maximum Gasteiger partial charge on any atom is 0.259 e. The molecule has 0 saturated carbocycles. The van der Waals surface area contributed by atoms with Gasteiger partial charge in [0.05, 0.1) is 12.8 Å². The van der Waals surface area contributed by atoms with Crippen LogP contribution < -0.4 is 10.7 Å². The smallest absolute Gasteiger partial charge is 0.259 e. The van der Waals surface area contributed by atoms with E-state index in [4.69, 9.17) is 16.0 Å². The molecule has 1 amide bonds. The van der Waals surface area contributed by atoms with Crippen LogP contribution in [-0.4, -0.2) is 18.7 Å². The maximum absolute atomic E-state index is 12.0. The van der Waals surface area contributed by atoms with Gasteiger partial charge in [-0.25, -0.2) is 5.43 Å². The van der Waals surface area contributed by atoms with E-state index in [9.17, 15) is 4.79 Å². The van der Waals surface area contributed by atoms with Crippen LogP contribution in [0.25, 0.3) is 22.1 Å². The predicted octanol–water partition coefficient (Wildman–Crippen LogP) is 5.32. The third-order valence-corrected chi connectivity index (χ3v) is 4.55. The van der Waals surface area contributed by atoms with Gasteiger partial charge in [-0.1, -0.05) is 54.1 Å². The molecule has 0 unspecified atom stereocenters. The second kappa shape index (κ2) is 8.63. The summed E-state index contributed by atoms with van der Waals surface area (Å²) in [6.45, 7) is 0.113. The van der Waals surface area contributed by atoms with Crippen molar-refractivity contribution in [3.63, 3.8) is 0 Å². The number of hydrogen-bond acceptors (Lipinski definition) is 4. The van der Waals surface area contributed by atoms with Crippen LogP contribution in [0, 0.1) is 0 Å². The number of furan rings is 1. The van der Waals surface area contributed by atoms with Gasteiger partial charge in [-0.2, -0.15) is 5.10 Å². The fourth-order valence-electron chi connectivity index (χ4n) is 2.91. The summed E-state index contributed by atoms with van der Waals surface area (Å²) in [4.78, 5) is 12.0. The number of fused-ring (bicyclic) bond motifs is 1. The van der Waals surface area contributed by atoms with E-state index in [1.165, 1.54) is 6.21 Å². The summed E-state index contributed by atoms with van der Waals surface area (Å²) < 4.78 is 5.70. The number of rotatable bonds is 6. The van der Waals surface area contributed by atoms with Crippen LogP contribution in [0.1, 0.15) is 5.76 Å². The van der Waals surface area contributed by atoms with Gasteiger partial charge in [-0.3, -0.25) is 4.79 Å². The van der Waals surface area contributed by atoms with Gasteiger partial charge in [-0.05, 0) is 47.2 Å². The summed E-state index contributed by atoms with van der Waals surface area (Å²) in [6, 6.07) is 25.0. The molecule has 5 nitrogen and oxygen atoms in total. The van der Waals surface area contributed by atoms with Crippen molar-refractivity contribution in [3.05, 3.63) is 89.6 Å². The number of carbonyl (C=O) groups excluding carboxylic acids is 1. The number of nitrogens with zero attached hydrogens (tertiary/aromatic N) is 1. The van der Waals surface area contributed by atoms with Gasteiger partial charge in [-0.15, -0.1) is 0 Å². The first-order valence-electron chi connectivity index (χ1n) is 9.08. The van der Waals surface area contributed by atoms with Gasteiger partial charge in [0.15, 0.2) is 0 Å². The molecule has 1 heterocycles. The van der Waals surface area contributed by atoms with Gasteiger partial charge in [0.1, 0.15) is 11.5 Å². The Bertz CT molecular complexity index is 1180. The van der Waals surface area contributed by atoms with Gasteiger partial charge in [0.25, 0.3) is 5.91 Å². The Kier molecular flexibility index (Phi) is 5.59. The highest BCUT2D eigenvalue weighted by molar-refractivity contribution is 6.30. The van der Waals surface area contributed by atoms with Crippen LogP contribution in [-0.2, 0) is 4.79 Å². The zero-order valence-electron chi connectivity index (χ0n) is 15.4. The van der Waals surface area contributed by atoms with E-state index < -0.39 is 0 Å². The molecule has 0 spiro atoms. The first-order chi connectivity index (χ1) is 14.2. The molecule has 0 saturated heterocycles. The molecule has 0 aliphatic heterocycles. The Labute approximate surface area is 173 Å². The predicted molar refractivity (Wildman–Crippen MR) is 117 cm³/mol. The molecule has 4 rings (SSSR count).